The Labute approximate surface area is 195 Å². The number of rotatable bonds is 4. The number of carbonyl (C=O) groups excluding carboxylic acids is 1. The van der Waals surface area contributed by atoms with Gasteiger partial charge in [-0.3, -0.25) is 4.79 Å². The highest BCUT2D eigenvalue weighted by atomic mass is 127. The zero-order valence-corrected chi connectivity index (χ0v) is 19.3. The van der Waals surface area contributed by atoms with Crippen molar-refractivity contribution in [3.8, 4) is 11.8 Å². The third-order valence-corrected chi connectivity index (χ3v) is 5.95. The van der Waals surface area contributed by atoms with Crippen LogP contribution in [0.25, 0.3) is 22.5 Å². The SMILES string of the molecule is Cc1cc(C=C(C#N)C(=O)Nc2ccc3ccccc3c2)c(C)n1-c1ccc(I)cc1. The summed E-state index contributed by atoms with van der Waals surface area (Å²) >= 11 is 2.28. The summed E-state index contributed by atoms with van der Waals surface area (Å²) in [6.45, 7) is 4.01. The Hall–Kier alpha value is -3.37. The van der Waals surface area contributed by atoms with Gasteiger partial charge in [0.2, 0.25) is 0 Å². The first kappa shape index (κ1) is 20.9. The molecule has 1 amide bonds. The van der Waals surface area contributed by atoms with Gasteiger partial charge in [-0.05, 0) is 101 Å². The Balaban J connectivity index is 1.63. The van der Waals surface area contributed by atoms with E-state index in [1.165, 1.54) is 3.57 Å². The van der Waals surface area contributed by atoms with Crippen LogP contribution in [0.4, 0.5) is 5.69 Å². The van der Waals surface area contributed by atoms with Crippen LogP contribution in [0.15, 0.2) is 78.4 Å². The summed E-state index contributed by atoms with van der Waals surface area (Å²) in [5.74, 6) is -0.420. The minimum absolute atomic E-state index is 0.0658. The molecule has 0 spiro atoms. The van der Waals surface area contributed by atoms with E-state index in [0.717, 1.165) is 33.4 Å². The molecule has 152 valence electrons. The molecule has 31 heavy (non-hydrogen) atoms. The number of nitriles is 1. The Morgan fingerprint density at radius 1 is 1.00 bits per heavy atom. The van der Waals surface area contributed by atoms with Crippen LogP contribution in [-0.2, 0) is 4.79 Å². The van der Waals surface area contributed by atoms with Crippen molar-refractivity contribution in [2.24, 2.45) is 0 Å². The molecule has 0 atom stereocenters. The maximum absolute atomic E-state index is 12.8. The van der Waals surface area contributed by atoms with Crippen molar-refractivity contribution >= 4 is 51.0 Å². The van der Waals surface area contributed by atoms with Crippen LogP contribution < -0.4 is 5.32 Å². The van der Waals surface area contributed by atoms with Crippen LogP contribution in [0.3, 0.4) is 0 Å². The van der Waals surface area contributed by atoms with E-state index in [4.69, 9.17) is 0 Å². The number of aromatic nitrogens is 1. The number of anilines is 1. The summed E-state index contributed by atoms with van der Waals surface area (Å²) in [5, 5.41) is 14.6. The van der Waals surface area contributed by atoms with Gasteiger partial charge in [0.1, 0.15) is 11.6 Å². The predicted octanol–water partition coefficient (Wildman–Crippen LogP) is 6.40. The van der Waals surface area contributed by atoms with Crippen molar-refractivity contribution in [1.82, 2.24) is 4.57 Å². The third kappa shape index (κ3) is 4.39. The van der Waals surface area contributed by atoms with Crippen molar-refractivity contribution in [3.05, 3.63) is 98.9 Å². The highest BCUT2D eigenvalue weighted by Gasteiger charge is 2.14. The molecule has 3 aromatic carbocycles. The van der Waals surface area contributed by atoms with Gasteiger partial charge in [0.25, 0.3) is 5.91 Å². The highest BCUT2D eigenvalue weighted by Crippen LogP contribution is 2.24. The minimum atomic E-state index is -0.420. The molecule has 5 heteroatoms. The molecule has 1 N–H and O–H groups in total. The molecule has 0 bridgehead atoms. The molecule has 0 aliphatic carbocycles. The molecule has 4 aromatic rings. The van der Waals surface area contributed by atoms with Crippen molar-refractivity contribution in [3.63, 3.8) is 0 Å². The number of nitrogens with zero attached hydrogens (tertiary/aromatic N) is 2. The fraction of sp³-hybridized carbons (Fsp3) is 0.0769. The van der Waals surface area contributed by atoms with Crippen LogP contribution in [0, 0.1) is 28.7 Å². The van der Waals surface area contributed by atoms with Gasteiger partial charge >= 0.3 is 0 Å². The lowest BCUT2D eigenvalue weighted by Crippen LogP contribution is -2.13. The summed E-state index contributed by atoms with van der Waals surface area (Å²) in [5.41, 5.74) is 4.64. The van der Waals surface area contributed by atoms with Crippen LogP contribution in [0.2, 0.25) is 0 Å². The van der Waals surface area contributed by atoms with Crippen LogP contribution >= 0.6 is 22.6 Å². The predicted molar refractivity (Wildman–Crippen MR) is 134 cm³/mol. The van der Waals surface area contributed by atoms with Crippen molar-refractivity contribution in [1.29, 1.82) is 5.26 Å². The first-order valence-corrected chi connectivity index (χ1v) is 10.9. The zero-order valence-electron chi connectivity index (χ0n) is 17.2. The van der Waals surface area contributed by atoms with Crippen LogP contribution in [0.5, 0.6) is 0 Å². The Kier molecular flexibility index (Phi) is 5.92. The molecular formula is C26H20IN3O. The van der Waals surface area contributed by atoms with Gasteiger partial charge in [-0.2, -0.15) is 5.26 Å². The number of carbonyl (C=O) groups is 1. The molecule has 0 saturated carbocycles. The number of halogens is 1. The van der Waals surface area contributed by atoms with Crippen LogP contribution in [0.1, 0.15) is 17.0 Å². The molecule has 4 nitrogen and oxygen atoms in total. The van der Waals surface area contributed by atoms with Gasteiger partial charge < -0.3 is 9.88 Å². The standard InChI is InChI=1S/C26H20IN3O/c1-17-13-21(18(2)30(17)25-11-8-23(27)9-12-25)14-22(16-28)26(31)29-24-10-7-19-5-3-4-6-20(19)15-24/h3-15H,1-2H3,(H,29,31). The van der Waals surface area contributed by atoms with Gasteiger partial charge in [-0.15, -0.1) is 0 Å². The Morgan fingerprint density at radius 2 is 1.71 bits per heavy atom. The summed E-state index contributed by atoms with van der Waals surface area (Å²) in [6, 6.07) is 25.9. The lowest BCUT2D eigenvalue weighted by atomic mass is 10.1. The molecule has 0 aliphatic heterocycles. The first-order chi connectivity index (χ1) is 15.0. The lowest BCUT2D eigenvalue weighted by Gasteiger charge is -2.10. The number of aryl methyl sites for hydroxylation is 1. The van der Waals surface area contributed by atoms with Crippen LogP contribution in [-0.4, -0.2) is 10.5 Å². The molecule has 1 heterocycles. The Morgan fingerprint density at radius 3 is 2.42 bits per heavy atom. The number of benzene rings is 3. The quantitative estimate of drug-likeness (QED) is 0.194. The van der Waals surface area contributed by atoms with E-state index >= 15 is 0 Å². The van der Waals surface area contributed by atoms with E-state index in [1.807, 2.05) is 68.4 Å². The smallest absolute Gasteiger partial charge is 0.266 e. The van der Waals surface area contributed by atoms with E-state index in [1.54, 1.807) is 6.08 Å². The molecular weight excluding hydrogens is 497 g/mol. The normalized spacial score (nSPS) is 11.4. The molecule has 0 unspecified atom stereocenters. The first-order valence-electron chi connectivity index (χ1n) is 9.83. The Bertz CT molecular complexity index is 1360. The number of hydrogen-bond donors (Lipinski definition) is 1. The van der Waals surface area contributed by atoms with Gasteiger partial charge in [0.05, 0.1) is 0 Å². The highest BCUT2D eigenvalue weighted by molar-refractivity contribution is 14.1. The molecule has 0 radical (unpaired) electrons. The second-order valence-electron chi connectivity index (χ2n) is 7.32. The average Bonchev–Trinajstić information content (AvgIpc) is 3.05. The van der Waals surface area contributed by atoms with Gasteiger partial charge in [-0.25, -0.2) is 0 Å². The maximum atomic E-state index is 12.8. The van der Waals surface area contributed by atoms with E-state index in [-0.39, 0.29) is 5.57 Å². The van der Waals surface area contributed by atoms with E-state index < -0.39 is 5.91 Å². The largest absolute Gasteiger partial charge is 0.321 e. The summed E-state index contributed by atoms with van der Waals surface area (Å²) in [7, 11) is 0. The summed E-state index contributed by atoms with van der Waals surface area (Å²) < 4.78 is 3.29. The molecule has 0 aliphatic rings. The molecule has 1 aromatic heterocycles. The second-order valence-corrected chi connectivity index (χ2v) is 8.57. The fourth-order valence-electron chi connectivity index (χ4n) is 3.69. The zero-order chi connectivity index (χ0) is 22.0. The average molecular weight is 517 g/mol. The molecule has 4 rings (SSSR count). The molecule has 0 saturated heterocycles. The van der Waals surface area contributed by atoms with Crippen molar-refractivity contribution < 1.29 is 4.79 Å². The number of fused-ring (bicyclic) bond motifs is 1. The third-order valence-electron chi connectivity index (χ3n) is 5.23. The minimum Gasteiger partial charge on any atom is -0.321 e. The van der Waals surface area contributed by atoms with E-state index in [9.17, 15) is 10.1 Å². The summed E-state index contributed by atoms with van der Waals surface area (Å²) in [6.07, 6.45) is 1.65. The van der Waals surface area contributed by atoms with Gasteiger partial charge in [0, 0.05) is 26.3 Å². The lowest BCUT2D eigenvalue weighted by molar-refractivity contribution is -0.112. The van der Waals surface area contributed by atoms with E-state index in [2.05, 4.69) is 56.7 Å². The number of nitrogens with one attached hydrogen (secondary N) is 1. The number of amides is 1. The summed E-state index contributed by atoms with van der Waals surface area (Å²) in [4.78, 5) is 12.8. The van der Waals surface area contributed by atoms with E-state index in [0.29, 0.717) is 5.69 Å². The molecule has 0 fully saturated rings. The fourth-order valence-corrected chi connectivity index (χ4v) is 4.05. The van der Waals surface area contributed by atoms with Crippen molar-refractivity contribution in [2.75, 3.05) is 5.32 Å². The van der Waals surface area contributed by atoms with Gasteiger partial charge in [-0.1, -0.05) is 30.3 Å². The van der Waals surface area contributed by atoms with Gasteiger partial charge in [0.15, 0.2) is 0 Å². The number of hydrogen-bond acceptors (Lipinski definition) is 2. The van der Waals surface area contributed by atoms with Crippen molar-refractivity contribution in [2.45, 2.75) is 13.8 Å². The monoisotopic (exact) mass is 517 g/mol. The topological polar surface area (TPSA) is 57.8 Å². The second kappa shape index (κ2) is 8.78. The maximum Gasteiger partial charge on any atom is 0.266 e.